The van der Waals surface area contributed by atoms with Gasteiger partial charge in [-0.3, -0.25) is 9.69 Å². The van der Waals surface area contributed by atoms with Gasteiger partial charge in [-0.05, 0) is 50.4 Å². The monoisotopic (exact) mass is 423 g/mol. The molecule has 31 heavy (non-hydrogen) atoms. The van der Waals surface area contributed by atoms with Gasteiger partial charge >= 0.3 is 0 Å². The van der Waals surface area contributed by atoms with Crippen LogP contribution in [0.3, 0.4) is 0 Å². The van der Waals surface area contributed by atoms with Crippen LogP contribution < -0.4 is 10.2 Å². The van der Waals surface area contributed by atoms with Crippen molar-refractivity contribution in [3.63, 3.8) is 0 Å². The van der Waals surface area contributed by atoms with E-state index in [1.54, 1.807) is 6.20 Å². The zero-order chi connectivity index (χ0) is 21.5. The molecule has 3 heterocycles. The molecule has 1 N–H and O–H groups in total. The van der Waals surface area contributed by atoms with Gasteiger partial charge in [0.2, 0.25) is 5.91 Å². The highest BCUT2D eigenvalue weighted by Gasteiger charge is 2.35. The number of amides is 1. The van der Waals surface area contributed by atoms with Crippen LogP contribution in [0.2, 0.25) is 0 Å². The third-order valence-corrected chi connectivity index (χ3v) is 6.63. The van der Waals surface area contributed by atoms with E-state index < -0.39 is 0 Å². The summed E-state index contributed by atoms with van der Waals surface area (Å²) in [7, 11) is 2.02. The number of aromatic nitrogens is 2. The Balaban J connectivity index is 1.31. The molecule has 4 rings (SSSR count). The first-order valence-electron chi connectivity index (χ1n) is 11.3. The standard InChI is InChI=1S/C24H33N5O2/c1-28(17-21-9-6-14-29(21)22-10-5-13-26-27-22)18-23(30)25-19-24(11-15-31-16-12-24)20-7-3-2-4-8-20/h2-5,7-8,10,13,21H,6,9,11-12,14-19H2,1H3,(H,25,30). The lowest BCUT2D eigenvalue weighted by atomic mass is 9.74. The molecule has 1 aromatic heterocycles. The number of carbonyl (C=O) groups excluding carboxylic acids is 1. The molecule has 166 valence electrons. The first kappa shape index (κ1) is 21.7. The molecule has 1 atom stereocenters. The SMILES string of the molecule is CN(CC(=O)NCC1(c2ccccc2)CCOCC1)CC1CCCN1c1cccnn1. The van der Waals surface area contributed by atoms with Gasteiger partial charge in [0.05, 0.1) is 6.54 Å². The average Bonchev–Trinajstić information content (AvgIpc) is 3.27. The molecule has 7 nitrogen and oxygen atoms in total. The molecule has 2 aromatic rings. The topological polar surface area (TPSA) is 70.6 Å². The Bertz CT molecular complexity index is 826. The van der Waals surface area contributed by atoms with Crippen molar-refractivity contribution in [2.24, 2.45) is 0 Å². The van der Waals surface area contributed by atoms with Gasteiger partial charge in [0.25, 0.3) is 0 Å². The summed E-state index contributed by atoms with van der Waals surface area (Å²) in [5.74, 6) is 1.00. The second kappa shape index (κ2) is 10.2. The van der Waals surface area contributed by atoms with Crippen molar-refractivity contribution >= 4 is 11.7 Å². The minimum Gasteiger partial charge on any atom is -0.381 e. The zero-order valence-corrected chi connectivity index (χ0v) is 18.4. The van der Waals surface area contributed by atoms with Crippen LogP contribution in [0.1, 0.15) is 31.2 Å². The molecule has 1 unspecified atom stereocenters. The highest BCUT2D eigenvalue weighted by atomic mass is 16.5. The Morgan fingerprint density at radius 2 is 2.03 bits per heavy atom. The number of nitrogens with zero attached hydrogens (tertiary/aromatic N) is 4. The van der Waals surface area contributed by atoms with Crippen molar-refractivity contribution in [2.75, 3.05) is 51.3 Å². The summed E-state index contributed by atoms with van der Waals surface area (Å²) in [5.41, 5.74) is 1.25. The van der Waals surface area contributed by atoms with Gasteiger partial charge < -0.3 is 15.0 Å². The molecule has 0 radical (unpaired) electrons. The summed E-state index contributed by atoms with van der Waals surface area (Å²) in [4.78, 5) is 17.2. The largest absolute Gasteiger partial charge is 0.381 e. The smallest absolute Gasteiger partial charge is 0.234 e. The maximum Gasteiger partial charge on any atom is 0.234 e. The van der Waals surface area contributed by atoms with Gasteiger partial charge in [-0.15, -0.1) is 5.10 Å². The van der Waals surface area contributed by atoms with Gasteiger partial charge in [-0.2, -0.15) is 5.10 Å². The highest BCUT2D eigenvalue weighted by Crippen LogP contribution is 2.34. The fourth-order valence-corrected chi connectivity index (χ4v) is 4.89. The molecule has 1 amide bonds. The number of hydrogen-bond acceptors (Lipinski definition) is 6. The van der Waals surface area contributed by atoms with Gasteiger partial charge in [0.1, 0.15) is 0 Å². The minimum atomic E-state index is -0.0397. The maximum absolute atomic E-state index is 12.8. The molecule has 1 aromatic carbocycles. The number of carbonyl (C=O) groups is 1. The first-order valence-corrected chi connectivity index (χ1v) is 11.3. The van der Waals surface area contributed by atoms with Crippen LogP contribution in [0.4, 0.5) is 5.82 Å². The highest BCUT2D eigenvalue weighted by molar-refractivity contribution is 5.78. The molecule has 0 bridgehead atoms. The second-order valence-corrected chi connectivity index (χ2v) is 8.80. The van der Waals surface area contributed by atoms with E-state index in [4.69, 9.17) is 4.74 Å². The summed E-state index contributed by atoms with van der Waals surface area (Å²) in [6.45, 7) is 4.36. The molecule has 2 saturated heterocycles. The summed E-state index contributed by atoms with van der Waals surface area (Å²) in [5, 5.41) is 11.5. The predicted molar refractivity (Wildman–Crippen MR) is 121 cm³/mol. The van der Waals surface area contributed by atoms with Crippen LogP contribution in [0, 0.1) is 0 Å². The molecule has 7 heteroatoms. The summed E-state index contributed by atoms with van der Waals surface area (Å²) < 4.78 is 5.60. The van der Waals surface area contributed by atoms with Crippen LogP contribution in [-0.4, -0.2) is 73.5 Å². The molecule has 2 fully saturated rings. The minimum absolute atomic E-state index is 0.0397. The van der Waals surface area contributed by atoms with E-state index in [9.17, 15) is 4.79 Å². The molecule has 0 spiro atoms. The third-order valence-electron chi connectivity index (χ3n) is 6.63. The number of benzene rings is 1. The lowest BCUT2D eigenvalue weighted by Gasteiger charge is -2.38. The predicted octanol–water partition coefficient (Wildman–Crippen LogP) is 2.24. The summed E-state index contributed by atoms with van der Waals surface area (Å²) >= 11 is 0. The van der Waals surface area contributed by atoms with Crippen molar-refractivity contribution in [3.8, 4) is 0 Å². The fourth-order valence-electron chi connectivity index (χ4n) is 4.89. The molecule has 2 aliphatic rings. The molecule has 0 saturated carbocycles. The van der Waals surface area contributed by atoms with Gasteiger partial charge in [-0.25, -0.2) is 0 Å². The van der Waals surface area contributed by atoms with Crippen molar-refractivity contribution in [1.82, 2.24) is 20.4 Å². The van der Waals surface area contributed by atoms with Crippen LogP contribution in [0.5, 0.6) is 0 Å². The number of nitrogens with one attached hydrogen (secondary N) is 1. The Morgan fingerprint density at radius 3 is 2.77 bits per heavy atom. The van der Waals surface area contributed by atoms with Crippen LogP contribution in [0.25, 0.3) is 0 Å². The van der Waals surface area contributed by atoms with Crippen LogP contribution >= 0.6 is 0 Å². The Kier molecular flexibility index (Phi) is 7.14. The lowest BCUT2D eigenvalue weighted by molar-refractivity contribution is -0.122. The third kappa shape index (κ3) is 5.40. The average molecular weight is 424 g/mol. The molecule has 0 aliphatic carbocycles. The quantitative estimate of drug-likeness (QED) is 0.702. The Hall–Kier alpha value is -2.51. The van der Waals surface area contributed by atoms with E-state index in [-0.39, 0.29) is 11.3 Å². The van der Waals surface area contributed by atoms with E-state index in [1.807, 2.05) is 25.2 Å². The molecule has 2 aliphatic heterocycles. The number of rotatable bonds is 8. The van der Waals surface area contributed by atoms with Crippen molar-refractivity contribution in [3.05, 3.63) is 54.2 Å². The van der Waals surface area contributed by atoms with Crippen molar-refractivity contribution in [2.45, 2.75) is 37.1 Å². The number of likely N-dealkylation sites (N-methyl/N-ethyl adjacent to an activating group) is 1. The molecular formula is C24H33N5O2. The van der Waals surface area contributed by atoms with Gasteiger partial charge in [-0.1, -0.05) is 30.3 Å². The van der Waals surface area contributed by atoms with Crippen LogP contribution in [-0.2, 0) is 14.9 Å². The van der Waals surface area contributed by atoms with Crippen molar-refractivity contribution < 1.29 is 9.53 Å². The van der Waals surface area contributed by atoms with Crippen molar-refractivity contribution in [1.29, 1.82) is 0 Å². The van der Waals surface area contributed by atoms with E-state index in [1.165, 1.54) is 5.56 Å². The summed E-state index contributed by atoms with van der Waals surface area (Å²) in [6, 6.07) is 14.8. The first-order chi connectivity index (χ1) is 15.2. The number of ether oxygens (including phenoxy) is 1. The zero-order valence-electron chi connectivity index (χ0n) is 18.4. The van der Waals surface area contributed by atoms with Gasteiger partial charge in [0.15, 0.2) is 5.82 Å². The van der Waals surface area contributed by atoms with E-state index in [0.29, 0.717) is 19.1 Å². The van der Waals surface area contributed by atoms with Gasteiger partial charge in [0, 0.05) is 50.5 Å². The second-order valence-electron chi connectivity index (χ2n) is 8.80. The fraction of sp³-hybridized carbons (Fsp3) is 0.542. The summed E-state index contributed by atoms with van der Waals surface area (Å²) in [6.07, 6.45) is 5.82. The van der Waals surface area contributed by atoms with E-state index in [0.717, 1.165) is 57.8 Å². The maximum atomic E-state index is 12.8. The normalized spacial score (nSPS) is 20.7. The Morgan fingerprint density at radius 1 is 1.23 bits per heavy atom. The lowest BCUT2D eigenvalue weighted by Crippen LogP contribution is -2.48. The van der Waals surface area contributed by atoms with E-state index >= 15 is 0 Å². The Labute approximate surface area is 184 Å². The van der Waals surface area contributed by atoms with E-state index in [2.05, 4.69) is 49.6 Å². The number of anilines is 1. The molecular weight excluding hydrogens is 390 g/mol. The number of hydrogen-bond donors (Lipinski definition) is 1. The van der Waals surface area contributed by atoms with Crippen LogP contribution in [0.15, 0.2) is 48.7 Å².